The van der Waals surface area contributed by atoms with Crippen molar-refractivity contribution in [2.45, 2.75) is 33.9 Å². The number of aryl methyl sites for hydroxylation is 3. The highest BCUT2D eigenvalue weighted by atomic mass is 19.1. The van der Waals surface area contributed by atoms with E-state index in [1.807, 2.05) is 20.9 Å². The summed E-state index contributed by atoms with van der Waals surface area (Å²) in [5, 5.41) is 8.28. The molecule has 0 spiro atoms. The third-order valence-electron chi connectivity index (χ3n) is 4.80. The van der Waals surface area contributed by atoms with Gasteiger partial charge in [-0.2, -0.15) is 5.10 Å². The molecule has 0 bridgehead atoms. The van der Waals surface area contributed by atoms with Crippen molar-refractivity contribution >= 4 is 5.91 Å². The van der Waals surface area contributed by atoms with E-state index < -0.39 is 5.82 Å². The number of carbonyl (C=O) groups excluding carboxylic acids is 1. The molecule has 148 valence electrons. The lowest BCUT2D eigenvalue weighted by Crippen LogP contribution is -2.28. The number of halogens is 1. The number of aromatic nitrogens is 3. The highest BCUT2D eigenvalue weighted by Crippen LogP contribution is 2.22. The molecule has 0 saturated heterocycles. The molecular formula is C20H23FN4O3. The van der Waals surface area contributed by atoms with Gasteiger partial charge >= 0.3 is 0 Å². The van der Waals surface area contributed by atoms with Gasteiger partial charge in [-0.25, -0.2) is 4.39 Å². The third-order valence-corrected chi connectivity index (χ3v) is 4.80. The molecule has 2 aromatic heterocycles. The minimum absolute atomic E-state index is 0.0177. The van der Waals surface area contributed by atoms with Crippen molar-refractivity contribution in [2.75, 3.05) is 7.05 Å². The van der Waals surface area contributed by atoms with Crippen molar-refractivity contribution in [2.24, 2.45) is 7.05 Å². The topological polar surface area (TPSA) is 73.4 Å². The van der Waals surface area contributed by atoms with Gasteiger partial charge in [-0.1, -0.05) is 17.3 Å². The zero-order chi connectivity index (χ0) is 20.4. The largest absolute Gasteiger partial charge is 0.486 e. The molecule has 0 fully saturated rings. The zero-order valence-corrected chi connectivity index (χ0v) is 16.6. The summed E-state index contributed by atoms with van der Waals surface area (Å²) in [5.41, 5.74) is 3.52. The van der Waals surface area contributed by atoms with Crippen LogP contribution in [-0.2, 0) is 20.2 Å². The summed E-state index contributed by atoms with van der Waals surface area (Å²) >= 11 is 0. The fourth-order valence-corrected chi connectivity index (χ4v) is 2.98. The summed E-state index contributed by atoms with van der Waals surface area (Å²) in [6.45, 7) is 5.94. The van der Waals surface area contributed by atoms with Gasteiger partial charge in [0.15, 0.2) is 17.3 Å². The lowest BCUT2D eigenvalue weighted by molar-refractivity contribution is 0.0772. The van der Waals surface area contributed by atoms with Crippen LogP contribution < -0.4 is 4.74 Å². The van der Waals surface area contributed by atoms with Gasteiger partial charge in [0.25, 0.3) is 5.91 Å². The first-order chi connectivity index (χ1) is 13.3. The molecule has 0 aliphatic carbocycles. The molecule has 3 rings (SSSR count). The SMILES string of the molecule is Cc1nn(C)c(C)c1CN(C)C(=O)c1noc(C)c1COc1ccccc1F. The highest BCUT2D eigenvalue weighted by Gasteiger charge is 2.25. The first-order valence-corrected chi connectivity index (χ1v) is 8.86. The van der Waals surface area contributed by atoms with Gasteiger partial charge < -0.3 is 14.2 Å². The van der Waals surface area contributed by atoms with Crippen molar-refractivity contribution < 1.29 is 18.4 Å². The van der Waals surface area contributed by atoms with E-state index in [1.54, 1.807) is 35.7 Å². The quantitative estimate of drug-likeness (QED) is 0.650. The van der Waals surface area contributed by atoms with Crippen molar-refractivity contribution in [3.63, 3.8) is 0 Å². The zero-order valence-electron chi connectivity index (χ0n) is 16.6. The van der Waals surface area contributed by atoms with Gasteiger partial charge in [-0.15, -0.1) is 0 Å². The number of para-hydroxylation sites is 1. The lowest BCUT2D eigenvalue weighted by Gasteiger charge is -2.17. The van der Waals surface area contributed by atoms with E-state index in [0.717, 1.165) is 17.0 Å². The van der Waals surface area contributed by atoms with E-state index in [4.69, 9.17) is 9.26 Å². The first kappa shape index (κ1) is 19.6. The number of benzene rings is 1. The molecule has 7 nitrogen and oxygen atoms in total. The molecule has 8 heteroatoms. The summed E-state index contributed by atoms with van der Waals surface area (Å²) in [4.78, 5) is 14.5. The summed E-state index contributed by atoms with van der Waals surface area (Å²) in [7, 11) is 3.56. The van der Waals surface area contributed by atoms with Crippen molar-refractivity contribution in [3.8, 4) is 5.75 Å². The number of rotatable bonds is 6. The van der Waals surface area contributed by atoms with Crippen molar-refractivity contribution in [1.82, 2.24) is 19.8 Å². The number of amides is 1. The fraction of sp³-hybridized carbons (Fsp3) is 0.350. The predicted molar refractivity (Wildman–Crippen MR) is 100 cm³/mol. The molecule has 0 unspecified atom stereocenters. The molecule has 28 heavy (non-hydrogen) atoms. The number of nitrogens with zero attached hydrogens (tertiary/aromatic N) is 4. The maximum atomic E-state index is 13.8. The Hall–Kier alpha value is -3.16. The van der Waals surface area contributed by atoms with Crippen LogP contribution in [0.5, 0.6) is 5.75 Å². The Balaban J connectivity index is 1.78. The Morgan fingerprint density at radius 3 is 2.61 bits per heavy atom. The molecule has 0 saturated carbocycles. The second-order valence-electron chi connectivity index (χ2n) is 6.72. The average molecular weight is 386 g/mol. The monoisotopic (exact) mass is 386 g/mol. The molecule has 0 radical (unpaired) electrons. The minimum Gasteiger partial charge on any atom is -0.486 e. The van der Waals surface area contributed by atoms with Crippen LogP contribution in [0.2, 0.25) is 0 Å². The van der Waals surface area contributed by atoms with Crippen LogP contribution in [0.15, 0.2) is 28.8 Å². The van der Waals surface area contributed by atoms with Crippen LogP contribution in [0.3, 0.4) is 0 Å². The molecule has 0 N–H and O–H groups in total. The molecule has 1 amide bonds. The van der Waals surface area contributed by atoms with Gasteiger partial charge in [0.1, 0.15) is 12.4 Å². The van der Waals surface area contributed by atoms with Crippen LogP contribution in [0.25, 0.3) is 0 Å². The van der Waals surface area contributed by atoms with Gasteiger partial charge in [-0.3, -0.25) is 9.48 Å². The van der Waals surface area contributed by atoms with Gasteiger partial charge in [-0.05, 0) is 32.9 Å². The Morgan fingerprint density at radius 2 is 1.96 bits per heavy atom. The van der Waals surface area contributed by atoms with E-state index in [0.29, 0.717) is 17.9 Å². The summed E-state index contributed by atoms with van der Waals surface area (Å²) < 4.78 is 26.3. The van der Waals surface area contributed by atoms with E-state index in [1.165, 1.54) is 12.1 Å². The van der Waals surface area contributed by atoms with Crippen LogP contribution in [-0.4, -0.2) is 32.8 Å². The summed E-state index contributed by atoms with van der Waals surface area (Å²) in [5.74, 6) is -0.200. The second kappa shape index (κ2) is 7.84. The van der Waals surface area contributed by atoms with Gasteiger partial charge in [0.2, 0.25) is 0 Å². The highest BCUT2D eigenvalue weighted by molar-refractivity contribution is 5.93. The Morgan fingerprint density at radius 1 is 1.25 bits per heavy atom. The Bertz CT molecular complexity index is 1010. The normalized spacial score (nSPS) is 10.9. The van der Waals surface area contributed by atoms with Crippen molar-refractivity contribution in [1.29, 1.82) is 0 Å². The second-order valence-corrected chi connectivity index (χ2v) is 6.72. The maximum Gasteiger partial charge on any atom is 0.276 e. The number of hydrogen-bond acceptors (Lipinski definition) is 5. The number of ether oxygens (including phenoxy) is 1. The van der Waals surface area contributed by atoms with Crippen molar-refractivity contribution in [3.05, 3.63) is 64.1 Å². The van der Waals surface area contributed by atoms with Gasteiger partial charge in [0.05, 0.1) is 11.3 Å². The molecule has 1 aromatic carbocycles. The van der Waals surface area contributed by atoms with E-state index in [2.05, 4.69) is 10.3 Å². The molecule has 2 heterocycles. The number of hydrogen-bond donors (Lipinski definition) is 0. The maximum absolute atomic E-state index is 13.8. The molecule has 3 aromatic rings. The molecular weight excluding hydrogens is 363 g/mol. The first-order valence-electron chi connectivity index (χ1n) is 8.86. The van der Waals surface area contributed by atoms with Crippen LogP contribution in [0.1, 0.15) is 38.8 Å². The van der Waals surface area contributed by atoms with Crippen LogP contribution in [0, 0.1) is 26.6 Å². The third kappa shape index (κ3) is 3.76. The van der Waals surface area contributed by atoms with E-state index in [9.17, 15) is 9.18 Å². The molecule has 0 atom stereocenters. The molecule has 0 aliphatic heterocycles. The van der Waals surface area contributed by atoms with E-state index >= 15 is 0 Å². The fourth-order valence-electron chi connectivity index (χ4n) is 2.98. The molecule has 0 aliphatic rings. The average Bonchev–Trinajstić information content (AvgIpc) is 3.14. The van der Waals surface area contributed by atoms with Crippen LogP contribution in [0.4, 0.5) is 4.39 Å². The van der Waals surface area contributed by atoms with Gasteiger partial charge in [0, 0.05) is 31.9 Å². The standard InChI is InChI=1S/C20H23FN4O3/c1-12-15(13(2)25(5)22-12)10-24(4)20(26)19-16(14(3)28-23-19)11-27-18-9-7-6-8-17(18)21/h6-9H,10-11H2,1-5H3. The smallest absolute Gasteiger partial charge is 0.276 e. The predicted octanol–water partition coefficient (Wildman–Crippen LogP) is 3.32. The number of carbonyl (C=O) groups is 1. The Labute approximate surface area is 162 Å². The van der Waals surface area contributed by atoms with E-state index in [-0.39, 0.29) is 24.0 Å². The van der Waals surface area contributed by atoms with Crippen LogP contribution >= 0.6 is 0 Å². The minimum atomic E-state index is -0.468. The lowest BCUT2D eigenvalue weighted by atomic mass is 10.1. The summed E-state index contributed by atoms with van der Waals surface area (Å²) in [6.07, 6.45) is 0. The summed E-state index contributed by atoms with van der Waals surface area (Å²) in [6, 6.07) is 6.10. The Kier molecular flexibility index (Phi) is 5.48.